The molecule has 3 heteroatoms. The van der Waals surface area contributed by atoms with Crippen molar-refractivity contribution in [1.29, 1.82) is 0 Å². The molecule has 1 nitrogen and oxygen atoms in total. The smallest absolute Gasteiger partial charge is 0.0716 e. The van der Waals surface area contributed by atoms with Gasteiger partial charge >= 0.3 is 0 Å². The van der Waals surface area contributed by atoms with Gasteiger partial charge in [-0.3, -0.25) is 0 Å². The highest BCUT2D eigenvalue weighted by atomic mass is 35.5. The summed E-state index contributed by atoms with van der Waals surface area (Å²) in [5, 5.41) is 4.06. The van der Waals surface area contributed by atoms with E-state index in [4.69, 9.17) is 23.2 Å². The lowest BCUT2D eigenvalue weighted by molar-refractivity contribution is 1.51. The quantitative estimate of drug-likeness (QED) is 0.691. The Morgan fingerprint density at radius 1 is 1.30 bits per heavy atom. The van der Waals surface area contributed by atoms with E-state index >= 15 is 0 Å². The van der Waals surface area contributed by atoms with Crippen LogP contribution in [0.4, 0.5) is 5.69 Å². The molecule has 0 bridgehead atoms. The second-order valence-electron chi connectivity index (χ2n) is 1.78. The molecule has 0 aromatic heterocycles. The first kappa shape index (κ1) is 7.70. The van der Waals surface area contributed by atoms with Crippen molar-refractivity contribution >= 4 is 28.9 Å². The topological polar surface area (TPSA) is 12.0 Å². The van der Waals surface area contributed by atoms with Crippen molar-refractivity contribution in [2.24, 2.45) is 0 Å². The third-order valence-corrected chi connectivity index (χ3v) is 1.74. The molecule has 0 fully saturated rings. The van der Waals surface area contributed by atoms with Crippen LogP contribution in [0.5, 0.6) is 0 Å². The fourth-order valence-electron chi connectivity index (χ4n) is 0.685. The standard InChI is InChI=1S/C7H6Cl2N/c1-10-7-5(8)3-2-4-6(7)9/h3-4,10H,1H3. The lowest BCUT2D eigenvalue weighted by Crippen LogP contribution is -1.89. The molecule has 0 spiro atoms. The van der Waals surface area contributed by atoms with Crippen LogP contribution < -0.4 is 5.32 Å². The van der Waals surface area contributed by atoms with Crippen molar-refractivity contribution in [3.05, 3.63) is 28.2 Å². The summed E-state index contributed by atoms with van der Waals surface area (Å²) in [6, 6.07) is 6.13. The van der Waals surface area contributed by atoms with Crippen molar-refractivity contribution in [3.63, 3.8) is 0 Å². The maximum atomic E-state index is 5.75. The van der Waals surface area contributed by atoms with Crippen molar-refractivity contribution in [1.82, 2.24) is 0 Å². The highest BCUT2D eigenvalue weighted by Crippen LogP contribution is 2.28. The number of benzene rings is 1. The molecule has 0 saturated heterocycles. The molecule has 10 heavy (non-hydrogen) atoms. The molecule has 1 aromatic rings. The Morgan fingerprint density at radius 2 is 1.80 bits per heavy atom. The van der Waals surface area contributed by atoms with Gasteiger partial charge in [-0.15, -0.1) is 0 Å². The van der Waals surface area contributed by atoms with Gasteiger partial charge in [0.15, 0.2) is 0 Å². The first-order valence-corrected chi connectivity index (χ1v) is 3.54. The van der Waals surface area contributed by atoms with Gasteiger partial charge < -0.3 is 5.32 Å². The fourth-order valence-corrected chi connectivity index (χ4v) is 1.25. The molecule has 0 heterocycles. The average Bonchev–Trinajstić information content (AvgIpc) is 1.88. The molecular formula is C7H6Cl2N. The highest BCUT2D eigenvalue weighted by Gasteiger charge is 2.00. The largest absolute Gasteiger partial charge is 0.386 e. The van der Waals surface area contributed by atoms with E-state index in [0.717, 1.165) is 5.69 Å². The van der Waals surface area contributed by atoms with E-state index in [-0.39, 0.29) is 0 Å². The van der Waals surface area contributed by atoms with Crippen LogP contribution in [0.15, 0.2) is 12.1 Å². The molecule has 0 unspecified atom stereocenters. The molecule has 0 aliphatic heterocycles. The predicted molar refractivity (Wildman–Crippen MR) is 44.8 cm³/mol. The zero-order chi connectivity index (χ0) is 7.56. The number of hydrogen-bond acceptors (Lipinski definition) is 1. The molecule has 1 N–H and O–H groups in total. The van der Waals surface area contributed by atoms with Crippen LogP contribution >= 0.6 is 23.2 Å². The Bertz CT molecular complexity index is 215. The van der Waals surface area contributed by atoms with E-state index in [9.17, 15) is 0 Å². The Morgan fingerprint density at radius 3 is 2.10 bits per heavy atom. The number of hydrogen-bond donors (Lipinski definition) is 1. The molecule has 0 saturated carbocycles. The van der Waals surface area contributed by atoms with Crippen molar-refractivity contribution in [2.75, 3.05) is 12.4 Å². The molecular weight excluding hydrogens is 169 g/mol. The fraction of sp³-hybridized carbons (Fsp3) is 0.143. The summed E-state index contributed by atoms with van der Waals surface area (Å²) in [5.41, 5.74) is 0.752. The summed E-state index contributed by atoms with van der Waals surface area (Å²) < 4.78 is 0. The monoisotopic (exact) mass is 174 g/mol. The van der Waals surface area contributed by atoms with Crippen LogP contribution in [0.1, 0.15) is 0 Å². The molecule has 0 amide bonds. The van der Waals surface area contributed by atoms with Crippen LogP contribution in [0, 0.1) is 6.07 Å². The predicted octanol–water partition coefficient (Wildman–Crippen LogP) is 2.84. The Labute approximate surface area is 70.0 Å². The maximum absolute atomic E-state index is 5.75. The Hall–Kier alpha value is -0.400. The molecule has 1 radical (unpaired) electrons. The van der Waals surface area contributed by atoms with E-state index in [2.05, 4.69) is 11.4 Å². The second-order valence-corrected chi connectivity index (χ2v) is 2.59. The summed E-state index contributed by atoms with van der Waals surface area (Å²) in [7, 11) is 1.77. The van der Waals surface area contributed by atoms with Crippen molar-refractivity contribution in [2.45, 2.75) is 0 Å². The zero-order valence-electron chi connectivity index (χ0n) is 5.41. The third kappa shape index (κ3) is 1.36. The molecule has 0 aliphatic carbocycles. The second kappa shape index (κ2) is 3.13. The van der Waals surface area contributed by atoms with Gasteiger partial charge in [0.2, 0.25) is 0 Å². The average molecular weight is 175 g/mol. The Balaban J connectivity index is 3.17. The summed E-state index contributed by atoms with van der Waals surface area (Å²) in [4.78, 5) is 0. The first-order chi connectivity index (χ1) is 4.75. The maximum Gasteiger partial charge on any atom is 0.0716 e. The summed E-state index contributed by atoms with van der Waals surface area (Å²) in [6.45, 7) is 0. The Kier molecular flexibility index (Phi) is 2.41. The normalized spacial score (nSPS) is 9.50. The third-order valence-electron chi connectivity index (χ3n) is 1.15. The van der Waals surface area contributed by atoms with Gasteiger partial charge in [0.25, 0.3) is 0 Å². The summed E-state index contributed by atoms with van der Waals surface area (Å²) in [6.07, 6.45) is 0. The zero-order valence-corrected chi connectivity index (χ0v) is 6.92. The molecule has 53 valence electrons. The van der Waals surface area contributed by atoms with Gasteiger partial charge in [0, 0.05) is 7.05 Å². The van der Waals surface area contributed by atoms with Crippen LogP contribution in [-0.2, 0) is 0 Å². The lowest BCUT2D eigenvalue weighted by Gasteiger charge is -2.03. The number of rotatable bonds is 1. The summed E-state index contributed by atoms with van der Waals surface area (Å²) >= 11 is 11.5. The molecule has 0 atom stereocenters. The van der Waals surface area contributed by atoms with E-state index in [1.54, 1.807) is 19.2 Å². The van der Waals surface area contributed by atoms with Crippen LogP contribution in [0.25, 0.3) is 0 Å². The van der Waals surface area contributed by atoms with Gasteiger partial charge in [-0.2, -0.15) is 0 Å². The van der Waals surface area contributed by atoms with Crippen LogP contribution in [0.3, 0.4) is 0 Å². The number of nitrogens with one attached hydrogen (secondary N) is 1. The number of anilines is 1. The molecule has 1 aromatic carbocycles. The SMILES string of the molecule is CNc1c(Cl)c[c]cc1Cl. The van der Waals surface area contributed by atoms with Gasteiger partial charge in [-0.05, 0) is 18.2 Å². The highest BCUT2D eigenvalue weighted by molar-refractivity contribution is 6.39. The van der Waals surface area contributed by atoms with Crippen LogP contribution in [-0.4, -0.2) is 7.05 Å². The first-order valence-electron chi connectivity index (χ1n) is 2.78. The van der Waals surface area contributed by atoms with E-state index in [1.807, 2.05) is 0 Å². The van der Waals surface area contributed by atoms with Gasteiger partial charge in [-0.25, -0.2) is 0 Å². The lowest BCUT2D eigenvalue weighted by atomic mass is 10.3. The van der Waals surface area contributed by atoms with E-state index < -0.39 is 0 Å². The van der Waals surface area contributed by atoms with Crippen molar-refractivity contribution in [3.8, 4) is 0 Å². The number of halogens is 2. The molecule has 0 aliphatic rings. The van der Waals surface area contributed by atoms with Gasteiger partial charge in [-0.1, -0.05) is 23.2 Å². The van der Waals surface area contributed by atoms with Gasteiger partial charge in [0.05, 0.1) is 15.7 Å². The van der Waals surface area contributed by atoms with Crippen LogP contribution in [0.2, 0.25) is 10.0 Å². The molecule has 1 rings (SSSR count). The minimum atomic E-state index is 0.593. The van der Waals surface area contributed by atoms with E-state index in [1.165, 1.54) is 0 Å². The van der Waals surface area contributed by atoms with Gasteiger partial charge in [0.1, 0.15) is 0 Å². The minimum Gasteiger partial charge on any atom is -0.386 e. The van der Waals surface area contributed by atoms with E-state index in [0.29, 0.717) is 10.0 Å². The van der Waals surface area contributed by atoms with Crippen molar-refractivity contribution < 1.29 is 0 Å². The minimum absolute atomic E-state index is 0.593. The summed E-state index contributed by atoms with van der Waals surface area (Å²) in [5.74, 6) is 0.